The molecule has 114 valence electrons. The summed E-state index contributed by atoms with van der Waals surface area (Å²) in [6.45, 7) is 0. The maximum atomic E-state index is 12.9. The van der Waals surface area contributed by atoms with Crippen molar-refractivity contribution in [1.29, 1.82) is 0 Å². The van der Waals surface area contributed by atoms with E-state index in [9.17, 15) is 9.18 Å². The molecule has 1 aromatic heterocycles. The molecule has 3 rings (SSSR count). The number of pyridine rings is 1. The maximum Gasteiger partial charge on any atom is 0.230 e. The third-order valence-corrected chi connectivity index (χ3v) is 4.05. The van der Waals surface area contributed by atoms with Crippen LogP contribution in [0.5, 0.6) is 5.88 Å². The first kappa shape index (κ1) is 14.5. The lowest BCUT2D eigenvalue weighted by Crippen LogP contribution is -2.28. The number of methoxy groups -OCH3 is 1. The average molecular weight is 300 g/mol. The molecule has 0 spiro atoms. The highest BCUT2D eigenvalue weighted by atomic mass is 19.1. The summed E-state index contributed by atoms with van der Waals surface area (Å²) in [6.07, 6.45) is 2.42. The van der Waals surface area contributed by atoms with Crippen LogP contribution in [0, 0.1) is 11.7 Å². The largest absolute Gasteiger partial charge is 0.481 e. The van der Waals surface area contributed by atoms with Gasteiger partial charge < -0.3 is 9.64 Å². The first-order valence-corrected chi connectivity index (χ1v) is 7.13. The Balaban J connectivity index is 1.68. The molecule has 1 heterocycles. The summed E-state index contributed by atoms with van der Waals surface area (Å²) in [7, 11) is 3.29. The van der Waals surface area contributed by atoms with Crippen molar-refractivity contribution >= 4 is 11.6 Å². The molecule has 0 unspecified atom stereocenters. The molecule has 0 N–H and O–H groups in total. The van der Waals surface area contributed by atoms with Gasteiger partial charge in [0.2, 0.25) is 11.8 Å². The molecule has 0 aliphatic heterocycles. The predicted molar refractivity (Wildman–Crippen MR) is 81.4 cm³/mol. The number of amides is 1. The lowest BCUT2D eigenvalue weighted by atomic mass is 10.1. The molecular weight excluding hydrogens is 283 g/mol. The van der Waals surface area contributed by atoms with Gasteiger partial charge in [0, 0.05) is 19.0 Å². The van der Waals surface area contributed by atoms with E-state index in [0.29, 0.717) is 5.88 Å². The van der Waals surface area contributed by atoms with Crippen molar-refractivity contribution in [3.8, 4) is 5.88 Å². The van der Waals surface area contributed by atoms with Crippen LogP contribution in [-0.2, 0) is 4.79 Å². The Morgan fingerprint density at radius 2 is 2.00 bits per heavy atom. The zero-order chi connectivity index (χ0) is 15.7. The molecule has 1 aliphatic carbocycles. The summed E-state index contributed by atoms with van der Waals surface area (Å²) in [5.41, 5.74) is 1.75. The van der Waals surface area contributed by atoms with Gasteiger partial charge in [-0.3, -0.25) is 4.79 Å². The van der Waals surface area contributed by atoms with Crippen molar-refractivity contribution in [3.05, 3.63) is 54.0 Å². The summed E-state index contributed by atoms with van der Waals surface area (Å²) < 4.78 is 18.0. The molecule has 1 aliphatic rings. The maximum absolute atomic E-state index is 12.9. The van der Waals surface area contributed by atoms with Gasteiger partial charge in [-0.25, -0.2) is 9.37 Å². The monoisotopic (exact) mass is 300 g/mol. The second kappa shape index (κ2) is 5.75. The molecule has 1 saturated carbocycles. The molecule has 1 aromatic carbocycles. The van der Waals surface area contributed by atoms with Gasteiger partial charge in [0.05, 0.1) is 19.0 Å². The summed E-state index contributed by atoms with van der Waals surface area (Å²) in [5, 5.41) is 0. The zero-order valence-corrected chi connectivity index (χ0v) is 12.5. The molecule has 0 saturated heterocycles. The van der Waals surface area contributed by atoms with E-state index >= 15 is 0 Å². The SMILES string of the molecule is COc1ccc(N(C)C(=O)[C@@H]2C[C@@H]2c2ccc(F)cc2)cn1. The minimum atomic E-state index is -0.256. The third-order valence-electron chi connectivity index (χ3n) is 4.05. The number of halogens is 1. The summed E-state index contributed by atoms with van der Waals surface area (Å²) >= 11 is 0. The number of carbonyl (C=O) groups is 1. The number of nitrogens with zero attached hydrogens (tertiary/aromatic N) is 2. The van der Waals surface area contributed by atoms with Crippen LogP contribution in [0.25, 0.3) is 0 Å². The van der Waals surface area contributed by atoms with Crippen LogP contribution in [0.2, 0.25) is 0 Å². The van der Waals surface area contributed by atoms with Crippen LogP contribution in [-0.4, -0.2) is 25.0 Å². The molecule has 0 radical (unpaired) electrons. The van der Waals surface area contributed by atoms with Crippen LogP contribution in [0.15, 0.2) is 42.6 Å². The highest BCUT2D eigenvalue weighted by Gasteiger charge is 2.45. The second-order valence-electron chi connectivity index (χ2n) is 5.46. The molecule has 1 amide bonds. The normalized spacial score (nSPS) is 19.6. The van der Waals surface area contributed by atoms with E-state index in [1.54, 1.807) is 49.5 Å². The van der Waals surface area contributed by atoms with Crippen molar-refractivity contribution < 1.29 is 13.9 Å². The molecular formula is C17H17FN2O2. The highest BCUT2D eigenvalue weighted by molar-refractivity contribution is 5.96. The number of anilines is 1. The van der Waals surface area contributed by atoms with Gasteiger partial charge in [-0.1, -0.05) is 12.1 Å². The molecule has 1 fully saturated rings. The molecule has 2 atom stereocenters. The van der Waals surface area contributed by atoms with Crippen LogP contribution in [0.3, 0.4) is 0 Å². The van der Waals surface area contributed by atoms with Crippen molar-refractivity contribution in [2.75, 3.05) is 19.1 Å². The second-order valence-corrected chi connectivity index (χ2v) is 5.46. The van der Waals surface area contributed by atoms with Crippen molar-refractivity contribution in [1.82, 2.24) is 4.98 Å². The smallest absolute Gasteiger partial charge is 0.230 e. The Kier molecular flexibility index (Phi) is 3.79. The zero-order valence-electron chi connectivity index (χ0n) is 12.5. The van der Waals surface area contributed by atoms with Gasteiger partial charge in [0.25, 0.3) is 0 Å². The number of hydrogen-bond donors (Lipinski definition) is 0. The summed E-state index contributed by atoms with van der Waals surface area (Å²) in [5.74, 6) is 0.453. The van der Waals surface area contributed by atoms with Crippen LogP contribution < -0.4 is 9.64 Å². The van der Waals surface area contributed by atoms with E-state index in [0.717, 1.165) is 17.7 Å². The van der Waals surface area contributed by atoms with E-state index in [-0.39, 0.29) is 23.6 Å². The Labute approximate surface area is 128 Å². The summed E-state index contributed by atoms with van der Waals surface area (Å²) in [6, 6.07) is 9.91. The topological polar surface area (TPSA) is 42.4 Å². The van der Waals surface area contributed by atoms with E-state index in [1.165, 1.54) is 12.1 Å². The number of ether oxygens (including phenoxy) is 1. The van der Waals surface area contributed by atoms with Gasteiger partial charge in [-0.2, -0.15) is 0 Å². The predicted octanol–water partition coefficient (Wildman–Crippen LogP) is 3.00. The first-order chi connectivity index (χ1) is 10.6. The number of aromatic nitrogens is 1. The highest BCUT2D eigenvalue weighted by Crippen LogP contribution is 2.48. The third kappa shape index (κ3) is 2.79. The Morgan fingerprint density at radius 1 is 1.27 bits per heavy atom. The van der Waals surface area contributed by atoms with E-state index in [4.69, 9.17) is 4.74 Å². The van der Waals surface area contributed by atoms with E-state index in [1.807, 2.05) is 0 Å². The number of benzene rings is 1. The molecule has 5 heteroatoms. The van der Waals surface area contributed by atoms with Gasteiger partial charge >= 0.3 is 0 Å². The van der Waals surface area contributed by atoms with Gasteiger partial charge in [0.1, 0.15) is 5.82 Å². The quantitative estimate of drug-likeness (QED) is 0.871. The van der Waals surface area contributed by atoms with Crippen LogP contribution in [0.4, 0.5) is 10.1 Å². The van der Waals surface area contributed by atoms with E-state index < -0.39 is 0 Å². The standard InChI is InChI=1S/C17H17FN2O2/c1-20(13-7-8-16(22-2)19-10-13)17(21)15-9-14(15)11-3-5-12(18)6-4-11/h3-8,10,14-15H,9H2,1-2H3/t14-,15-/m1/s1. The van der Waals surface area contributed by atoms with Gasteiger partial charge in [0.15, 0.2) is 0 Å². The Bertz CT molecular complexity index is 670. The van der Waals surface area contributed by atoms with Crippen molar-refractivity contribution in [2.45, 2.75) is 12.3 Å². The molecule has 2 aromatic rings. The number of carbonyl (C=O) groups excluding carboxylic acids is 1. The Morgan fingerprint density at radius 3 is 2.59 bits per heavy atom. The lowest BCUT2D eigenvalue weighted by molar-refractivity contribution is -0.119. The average Bonchev–Trinajstić information content (AvgIpc) is 3.35. The van der Waals surface area contributed by atoms with Gasteiger partial charge in [-0.05, 0) is 36.1 Å². The minimum absolute atomic E-state index is 0.0439. The molecule has 22 heavy (non-hydrogen) atoms. The fourth-order valence-electron chi connectivity index (χ4n) is 2.61. The van der Waals surface area contributed by atoms with Crippen LogP contribution in [0.1, 0.15) is 17.9 Å². The number of rotatable bonds is 4. The molecule has 4 nitrogen and oxygen atoms in total. The molecule has 0 bridgehead atoms. The van der Waals surface area contributed by atoms with Crippen molar-refractivity contribution in [3.63, 3.8) is 0 Å². The van der Waals surface area contributed by atoms with Crippen molar-refractivity contribution in [2.24, 2.45) is 5.92 Å². The lowest BCUT2D eigenvalue weighted by Gasteiger charge is -2.17. The van der Waals surface area contributed by atoms with Gasteiger partial charge in [-0.15, -0.1) is 0 Å². The van der Waals surface area contributed by atoms with E-state index in [2.05, 4.69) is 4.98 Å². The fraction of sp³-hybridized carbons (Fsp3) is 0.294. The number of hydrogen-bond acceptors (Lipinski definition) is 3. The Hall–Kier alpha value is -2.43. The minimum Gasteiger partial charge on any atom is -0.481 e. The first-order valence-electron chi connectivity index (χ1n) is 7.13. The summed E-state index contributed by atoms with van der Waals surface area (Å²) in [4.78, 5) is 18.2. The fourth-order valence-corrected chi connectivity index (χ4v) is 2.61. The van der Waals surface area contributed by atoms with Crippen LogP contribution >= 0.6 is 0 Å².